The van der Waals surface area contributed by atoms with E-state index in [1.54, 1.807) is 0 Å². The maximum Gasteiger partial charge on any atom is 0.137 e. The fourth-order valence-corrected chi connectivity index (χ4v) is 1.68. The van der Waals surface area contributed by atoms with Gasteiger partial charge in [-0.1, -0.05) is 0 Å². The Morgan fingerprint density at radius 3 is 2.85 bits per heavy atom. The number of hydrogen-bond donors (Lipinski definition) is 0. The van der Waals surface area contributed by atoms with Crippen molar-refractivity contribution in [3.63, 3.8) is 0 Å². The van der Waals surface area contributed by atoms with E-state index in [4.69, 9.17) is 11.6 Å². The minimum Gasteiger partial charge on any atom is -0.306 e. The van der Waals surface area contributed by atoms with Crippen LogP contribution in [0.3, 0.4) is 0 Å². The second-order valence-electron chi connectivity index (χ2n) is 3.25. The Morgan fingerprint density at radius 2 is 2.15 bits per heavy atom. The summed E-state index contributed by atoms with van der Waals surface area (Å²) in [5.74, 6) is 0.543. The molecule has 0 unspecified atom stereocenters. The summed E-state index contributed by atoms with van der Waals surface area (Å²) in [6.07, 6.45) is 2.03. The molecule has 0 amide bonds. The molecule has 0 atom stereocenters. The Kier molecular flexibility index (Phi) is 2.00. The summed E-state index contributed by atoms with van der Waals surface area (Å²) in [5, 5.41) is 0. The van der Waals surface area contributed by atoms with Crippen LogP contribution in [-0.4, -0.2) is 9.38 Å². The van der Waals surface area contributed by atoms with Gasteiger partial charge < -0.3 is 4.40 Å². The van der Waals surface area contributed by atoms with E-state index in [-0.39, 0.29) is 0 Å². The summed E-state index contributed by atoms with van der Waals surface area (Å²) in [4.78, 5) is 4.41. The summed E-state index contributed by atoms with van der Waals surface area (Å²) in [7, 11) is 0. The monoisotopic (exact) mass is 194 g/mol. The van der Waals surface area contributed by atoms with Crippen LogP contribution in [0, 0.1) is 13.8 Å². The maximum absolute atomic E-state index is 5.75. The van der Waals surface area contributed by atoms with Crippen molar-refractivity contribution in [2.24, 2.45) is 0 Å². The molecule has 3 heteroatoms. The highest BCUT2D eigenvalue weighted by Crippen LogP contribution is 2.13. The number of alkyl halides is 1. The lowest BCUT2D eigenvalue weighted by atomic mass is 10.3. The molecule has 0 aliphatic carbocycles. The van der Waals surface area contributed by atoms with Gasteiger partial charge >= 0.3 is 0 Å². The third-order valence-corrected chi connectivity index (χ3v) is 2.41. The lowest BCUT2D eigenvalue weighted by Gasteiger charge is -2.00. The van der Waals surface area contributed by atoms with Gasteiger partial charge in [0.15, 0.2) is 0 Å². The first-order valence-corrected chi connectivity index (χ1v) is 4.75. The van der Waals surface area contributed by atoms with Crippen LogP contribution in [0.2, 0.25) is 0 Å². The summed E-state index contributed by atoms with van der Waals surface area (Å²) in [6, 6.07) is 4.08. The van der Waals surface area contributed by atoms with E-state index in [1.165, 1.54) is 5.69 Å². The fourth-order valence-electron chi connectivity index (χ4n) is 1.53. The van der Waals surface area contributed by atoms with E-state index in [1.807, 2.05) is 19.2 Å². The van der Waals surface area contributed by atoms with Gasteiger partial charge in [0.05, 0.1) is 0 Å². The molecule has 0 saturated carbocycles. The number of hydrogen-bond acceptors (Lipinski definition) is 1. The zero-order valence-corrected chi connectivity index (χ0v) is 8.47. The Bertz CT molecular complexity index is 445. The predicted molar refractivity (Wildman–Crippen MR) is 54.2 cm³/mol. The van der Waals surface area contributed by atoms with Crippen molar-refractivity contribution in [3.8, 4) is 0 Å². The SMILES string of the molecule is Cc1cc(C)n2cc(CCl)cc2n1. The van der Waals surface area contributed by atoms with E-state index in [2.05, 4.69) is 22.4 Å². The first kappa shape index (κ1) is 8.57. The smallest absolute Gasteiger partial charge is 0.137 e. The normalized spacial score (nSPS) is 11.0. The largest absolute Gasteiger partial charge is 0.306 e. The second kappa shape index (κ2) is 3.04. The van der Waals surface area contributed by atoms with Gasteiger partial charge in [0.25, 0.3) is 0 Å². The fraction of sp³-hybridized carbons (Fsp3) is 0.300. The van der Waals surface area contributed by atoms with Crippen molar-refractivity contribution in [1.29, 1.82) is 0 Å². The highest BCUT2D eigenvalue weighted by molar-refractivity contribution is 6.17. The van der Waals surface area contributed by atoms with Crippen LogP contribution < -0.4 is 0 Å². The zero-order chi connectivity index (χ0) is 9.42. The molecule has 13 heavy (non-hydrogen) atoms. The molecule has 2 rings (SSSR count). The minimum absolute atomic E-state index is 0.543. The average molecular weight is 195 g/mol. The first-order chi connectivity index (χ1) is 6.20. The van der Waals surface area contributed by atoms with Gasteiger partial charge in [0.1, 0.15) is 5.65 Å². The lowest BCUT2D eigenvalue weighted by Crippen LogP contribution is -1.93. The number of aryl methyl sites for hydroxylation is 2. The van der Waals surface area contributed by atoms with Gasteiger partial charge in [-0.15, -0.1) is 11.6 Å². The molecule has 0 aliphatic rings. The molecule has 0 aliphatic heterocycles. The molecule has 68 valence electrons. The first-order valence-electron chi connectivity index (χ1n) is 4.22. The van der Waals surface area contributed by atoms with Gasteiger partial charge in [-0.05, 0) is 31.5 Å². The molecule has 2 nitrogen and oxygen atoms in total. The van der Waals surface area contributed by atoms with Crippen molar-refractivity contribution in [2.45, 2.75) is 19.7 Å². The molecule has 0 radical (unpaired) electrons. The Hall–Kier alpha value is -1.02. The van der Waals surface area contributed by atoms with Gasteiger partial charge in [-0.25, -0.2) is 4.98 Å². The van der Waals surface area contributed by atoms with Gasteiger partial charge in [0.2, 0.25) is 0 Å². The Labute approximate surface area is 82.2 Å². The molecule has 2 aromatic heterocycles. The molecular formula is C10H11ClN2. The van der Waals surface area contributed by atoms with Crippen LogP contribution in [0.25, 0.3) is 5.65 Å². The predicted octanol–water partition coefficient (Wildman–Crippen LogP) is 2.69. The van der Waals surface area contributed by atoms with Crippen molar-refractivity contribution in [3.05, 3.63) is 35.3 Å². The standard InChI is InChI=1S/C10H11ClN2/c1-7-3-8(2)13-6-9(5-11)4-10(13)12-7/h3-4,6H,5H2,1-2H3. The molecule has 0 spiro atoms. The van der Waals surface area contributed by atoms with Crippen molar-refractivity contribution >= 4 is 17.2 Å². The molecular weight excluding hydrogens is 184 g/mol. The quantitative estimate of drug-likeness (QED) is 0.638. The third-order valence-electron chi connectivity index (χ3n) is 2.10. The van der Waals surface area contributed by atoms with E-state index < -0.39 is 0 Å². The molecule has 0 bridgehead atoms. The minimum atomic E-state index is 0.543. The number of aromatic nitrogens is 2. The lowest BCUT2D eigenvalue weighted by molar-refractivity contribution is 1.02. The van der Waals surface area contributed by atoms with Crippen LogP contribution >= 0.6 is 11.6 Å². The van der Waals surface area contributed by atoms with Gasteiger partial charge in [-0.3, -0.25) is 0 Å². The number of nitrogens with zero attached hydrogens (tertiary/aromatic N) is 2. The van der Waals surface area contributed by atoms with Crippen molar-refractivity contribution in [1.82, 2.24) is 9.38 Å². The van der Waals surface area contributed by atoms with Crippen LogP contribution in [0.1, 0.15) is 17.0 Å². The molecule has 0 fully saturated rings. The van der Waals surface area contributed by atoms with Crippen LogP contribution in [0.5, 0.6) is 0 Å². The third kappa shape index (κ3) is 1.42. The average Bonchev–Trinajstić information content (AvgIpc) is 2.47. The summed E-state index contributed by atoms with van der Waals surface area (Å²) in [5.41, 5.74) is 4.33. The number of rotatable bonds is 1. The van der Waals surface area contributed by atoms with Crippen LogP contribution in [-0.2, 0) is 5.88 Å². The Morgan fingerprint density at radius 1 is 1.38 bits per heavy atom. The number of halogens is 1. The molecule has 0 aromatic carbocycles. The molecule has 2 heterocycles. The summed E-state index contributed by atoms with van der Waals surface area (Å²) < 4.78 is 2.06. The van der Waals surface area contributed by atoms with Crippen LogP contribution in [0.15, 0.2) is 18.3 Å². The molecule has 0 N–H and O–H groups in total. The topological polar surface area (TPSA) is 17.3 Å². The number of fused-ring (bicyclic) bond motifs is 1. The second-order valence-corrected chi connectivity index (χ2v) is 3.52. The maximum atomic E-state index is 5.75. The van der Waals surface area contributed by atoms with Crippen LogP contribution in [0.4, 0.5) is 0 Å². The van der Waals surface area contributed by atoms with Crippen molar-refractivity contribution < 1.29 is 0 Å². The molecule has 0 saturated heterocycles. The van der Waals surface area contributed by atoms with Gasteiger partial charge in [0, 0.05) is 23.5 Å². The van der Waals surface area contributed by atoms with E-state index in [0.717, 1.165) is 16.9 Å². The Balaban J connectivity index is 2.75. The highest BCUT2D eigenvalue weighted by Gasteiger charge is 2.02. The van der Waals surface area contributed by atoms with E-state index in [0.29, 0.717) is 5.88 Å². The highest BCUT2D eigenvalue weighted by atomic mass is 35.5. The van der Waals surface area contributed by atoms with Gasteiger partial charge in [-0.2, -0.15) is 0 Å². The summed E-state index contributed by atoms with van der Waals surface area (Å²) >= 11 is 5.75. The van der Waals surface area contributed by atoms with E-state index >= 15 is 0 Å². The molecule has 2 aromatic rings. The summed E-state index contributed by atoms with van der Waals surface area (Å²) in [6.45, 7) is 4.07. The van der Waals surface area contributed by atoms with Crippen molar-refractivity contribution in [2.75, 3.05) is 0 Å². The van der Waals surface area contributed by atoms with E-state index in [9.17, 15) is 0 Å². The zero-order valence-electron chi connectivity index (χ0n) is 7.71.